The zero-order chi connectivity index (χ0) is 13.0. The summed E-state index contributed by atoms with van der Waals surface area (Å²) >= 11 is 0. The first-order valence-corrected chi connectivity index (χ1v) is 6.41. The molecule has 0 aliphatic rings. The zero-order valence-corrected chi connectivity index (χ0v) is 11.2. The molecule has 94 valence electrons. The molecule has 0 aliphatic heterocycles. The van der Waals surface area contributed by atoms with Crippen molar-refractivity contribution in [2.45, 2.75) is 26.7 Å². The first kappa shape index (κ1) is 12.6. The highest BCUT2D eigenvalue weighted by Gasteiger charge is 2.10. The number of hydrogen-bond acceptors (Lipinski definition) is 3. The quantitative estimate of drug-likeness (QED) is 0.892. The number of nitrogens with zero attached hydrogens (tertiary/aromatic N) is 2. The average Bonchev–Trinajstić information content (AvgIpc) is 2.46. The lowest BCUT2D eigenvalue weighted by Gasteiger charge is -2.11. The fraction of sp³-hybridized carbons (Fsp3) is 0.333. The predicted octanol–water partition coefficient (Wildman–Crippen LogP) is 3.31. The van der Waals surface area contributed by atoms with Crippen molar-refractivity contribution in [2.24, 2.45) is 0 Å². The lowest BCUT2D eigenvalue weighted by atomic mass is 10.0. The third-order valence-corrected chi connectivity index (χ3v) is 3.17. The van der Waals surface area contributed by atoms with Crippen LogP contribution in [0.1, 0.15) is 25.0 Å². The highest BCUT2D eigenvalue weighted by Crippen LogP contribution is 2.26. The van der Waals surface area contributed by atoms with Crippen LogP contribution in [-0.4, -0.2) is 17.0 Å². The molecular formula is C15H19N3. The highest BCUT2D eigenvalue weighted by atomic mass is 15.0. The fourth-order valence-electron chi connectivity index (χ4n) is 2.11. The largest absolute Gasteiger partial charge is 0.373 e. The van der Waals surface area contributed by atoms with Crippen LogP contribution in [0.4, 0.5) is 5.82 Å². The molecule has 0 bridgehead atoms. The van der Waals surface area contributed by atoms with Gasteiger partial charge < -0.3 is 5.32 Å². The number of anilines is 1. The molecule has 0 aliphatic carbocycles. The van der Waals surface area contributed by atoms with E-state index in [1.165, 1.54) is 11.1 Å². The summed E-state index contributed by atoms with van der Waals surface area (Å²) in [5, 5.41) is 3.13. The SMILES string of the molecule is CCc1ccc(-c2ncnc(NC)c2CC)cc1. The molecule has 2 aromatic rings. The summed E-state index contributed by atoms with van der Waals surface area (Å²) in [5.74, 6) is 0.919. The first-order chi connectivity index (χ1) is 8.80. The van der Waals surface area contributed by atoms with E-state index >= 15 is 0 Å². The van der Waals surface area contributed by atoms with Crippen LogP contribution in [0.5, 0.6) is 0 Å². The van der Waals surface area contributed by atoms with Crippen LogP contribution >= 0.6 is 0 Å². The summed E-state index contributed by atoms with van der Waals surface area (Å²) in [6.07, 6.45) is 3.60. The van der Waals surface area contributed by atoms with Crippen molar-refractivity contribution in [1.82, 2.24) is 9.97 Å². The number of rotatable bonds is 4. The van der Waals surface area contributed by atoms with Crippen molar-refractivity contribution in [1.29, 1.82) is 0 Å². The van der Waals surface area contributed by atoms with Gasteiger partial charge in [-0.25, -0.2) is 9.97 Å². The van der Waals surface area contributed by atoms with E-state index in [1.807, 2.05) is 7.05 Å². The van der Waals surface area contributed by atoms with Crippen LogP contribution in [0.25, 0.3) is 11.3 Å². The minimum Gasteiger partial charge on any atom is -0.373 e. The molecule has 0 fully saturated rings. The molecule has 2 rings (SSSR count). The molecule has 3 nitrogen and oxygen atoms in total. The van der Waals surface area contributed by atoms with Crippen LogP contribution in [0.3, 0.4) is 0 Å². The number of aryl methyl sites for hydroxylation is 1. The third-order valence-electron chi connectivity index (χ3n) is 3.17. The standard InChI is InChI=1S/C15H19N3/c1-4-11-6-8-12(9-7-11)14-13(5-2)15(16-3)18-10-17-14/h6-10H,4-5H2,1-3H3,(H,16,17,18). The number of aromatic nitrogens is 2. The van der Waals surface area contributed by atoms with Gasteiger partial charge in [-0.1, -0.05) is 38.1 Å². The maximum atomic E-state index is 4.43. The number of hydrogen-bond donors (Lipinski definition) is 1. The molecule has 0 atom stereocenters. The Kier molecular flexibility index (Phi) is 3.92. The molecule has 0 radical (unpaired) electrons. The smallest absolute Gasteiger partial charge is 0.132 e. The summed E-state index contributed by atoms with van der Waals surface area (Å²) in [6, 6.07) is 8.60. The molecule has 0 saturated heterocycles. The second kappa shape index (κ2) is 5.63. The first-order valence-electron chi connectivity index (χ1n) is 6.41. The van der Waals surface area contributed by atoms with Crippen molar-refractivity contribution >= 4 is 5.82 Å². The van der Waals surface area contributed by atoms with Crippen molar-refractivity contribution in [3.63, 3.8) is 0 Å². The molecule has 1 aromatic heterocycles. The van der Waals surface area contributed by atoms with Gasteiger partial charge in [0.05, 0.1) is 5.69 Å². The Balaban J connectivity index is 2.48. The number of benzene rings is 1. The van der Waals surface area contributed by atoms with E-state index in [2.05, 4.69) is 53.4 Å². The molecular weight excluding hydrogens is 222 g/mol. The molecule has 0 saturated carbocycles. The second-order valence-corrected chi connectivity index (χ2v) is 4.20. The van der Waals surface area contributed by atoms with Crippen molar-refractivity contribution in [3.05, 3.63) is 41.7 Å². The van der Waals surface area contributed by atoms with Gasteiger partial charge >= 0.3 is 0 Å². The Hall–Kier alpha value is -1.90. The second-order valence-electron chi connectivity index (χ2n) is 4.20. The lowest BCUT2D eigenvalue weighted by molar-refractivity contribution is 1.05. The summed E-state index contributed by atoms with van der Waals surface area (Å²) in [5.41, 5.74) is 4.70. The molecule has 3 heteroatoms. The van der Waals surface area contributed by atoms with Gasteiger partial charge in [0.15, 0.2) is 0 Å². The van der Waals surface area contributed by atoms with Gasteiger partial charge in [-0.05, 0) is 18.4 Å². The molecule has 1 heterocycles. The highest BCUT2D eigenvalue weighted by molar-refractivity contribution is 5.68. The van der Waals surface area contributed by atoms with E-state index in [0.717, 1.165) is 29.9 Å². The van der Waals surface area contributed by atoms with Gasteiger partial charge in [-0.3, -0.25) is 0 Å². The summed E-state index contributed by atoms with van der Waals surface area (Å²) in [7, 11) is 1.89. The van der Waals surface area contributed by atoms with E-state index in [4.69, 9.17) is 0 Å². The minimum absolute atomic E-state index is 0.919. The van der Waals surface area contributed by atoms with E-state index < -0.39 is 0 Å². The lowest BCUT2D eigenvalue weighted by Crippen LogP contribution is -2.02. The zero-order valence-electron chi connectivity index (χ0n) is 11.2. The Morgan fingerprint density at radius 1 is 1.00 bits per heavy atom. The van der Waals surface area contributed by atoms with Gasteiger partial charge in [0.1, 0.15) is 12.1 Å². The molecule has 0 amide bonds. The van der Waals surface area contributed by atoms with E-state index in [-0.39, 0.29) is 0 Å². The Morgan fingerprint density at radius 3 is 2.28 bits per heavy atom. The van der Waals surface area contributed by atoms with E-state index in [0.29, 0.717) is 0 Å². The van der Waals surface area contributed by atoms with E-state index in [9.17, 15) is 0 Å². The van der Waals surface area contributed by atoms with Crippen molar-refractivity contribution < 1.29 is 0 Å². The fourth-order valence-corrected chi connectivity index (χ4v) is 2.11. The molecule has 0 unspecified atom stereocenters. The molecule has 18 heavy (non-hydrogen) atoms. The normalized spacial score (nSPS) is 10.4. The topological polar surface area (TPSA) is 37.8 Å². The van der Waals surface area contributed by atoms with Crippen LogP contribution in [0.2, 0.25) is 0 Å². The summed E-state index contributed by atoms with van der Waals surface area (Å²) < 4.78 is 0. The van der Waals surface area contributed by atoms with Crippen LogP contribution in [0.15, 0.2) is 30.6 Å². The van der Waals surface area contributed by atoms with Gasteiger partial charge in [0.2, 0.25) is 0 Å². The van der Waals surface area contributed by atoms with Gasteiger partial charge in [0.25, 0.3) is 0 Å². The Morgan fingerprint density at radius 2 is 1.72 bits per heavy atom. The van der Waals surface area contributed by atoms with Crippen LogP contribution in [0, 0.1) is 0 Å². The average molecular weight is 241 g/mol. The van der Waals surface area contributed by atoms with Gasteiger partial charge in [0, 0.05) is 18.2 Å². The van der Waals surface area contributed by atoms with Crippen molar-refractivity contribution in [3.8, 4) is 11.3 Å². The van der Waals surface area contributed by atoms with Crippen molar-refractivity contribution in [2.75, 3.05) is 12.4 Å². The Labute approximate surface area is 108 Å². The molecule has 0 spiro atoms. The molecule has 1 aromatic carbocycles. The summed E-state index contributed by atoms with van der Waals surface area (Å²) in [4.78, 5) is 8.70. The number of nitrogens with one attached hydrogen (secondary N) is 1. The predicted molar refractivity (Wildman–Crippen MR) is 75.8 cm³/mol. The Bertz CT molecular complexity index is 518. The maximum Gasteiger partial charge on any atom is 0.132 e. The maximum absolute atomic E-state index is 4.43. The van der Waals surface area contributed by atoms with Gasteiger partial charge in [-0.2, -0.15) is 0 Å². The van der Waals surface area contributed by atoms with Crippen LogP contribution in [-0.2, 0) is 12.8 Å². The van der Waals surface area contributed by atoms with Gasteiger partial charge in [-0.15, -0.1) is 0 Å². The van der Waals surface area contributed by atoms with Crippen LogP contribution < -0.4 is 5.32 Å². The van der Waals surface area contributed by atoms with E-state index in [1.54, 1.807) is 6.33 Å². The summed E-state index contributed by atoms with van der Waals surface area (Å²) in [6.45, 7) is 4.29. The minimum atomic E-state index is 0.919. The monoisotopic (exact) mass is 241 g/mol. The third kappa shape index (κ3) is 2.35. The molecule has 1 N–H and O–H groups in total.